The second-order valence-electron chi connectivity index (χ2n) is 7.40. The first-order valence-electron chi connectivity index (χ1n) is 9.60. The molecule has 162 valence electrons. The SMILES string of the molecule is Cc1c(S(=O)(=O)N[C@H]2CCN(Cc3cccc(C=NN)c3)C2=O)sc2ccc(Cl)cc12. The molecule has 1 fully saturated rings. The zero-order valence-electron chi connectivity index (χ0n) is 16.7. The van der Waals surface area contributed by atoms with Crippen LogP contribution >= 0.6 is 22.9 Å². The van der Waals surface area contributed by atoms with Gasteiger partial charge in [-0.25, -0.2) is 8.42 Å². The van der Waals surface area contributed by atoms with Gasteiger partial charge in [-0.05, 0) is 59.7 Å². The maximum Gasteiger partial charge on any atom is 0.251 e. The minimum Gasteiger partial charge on any atom is -0.337 e. The lowest BCUT2D eigenvalue weighted by Crippen LogP contribution is -2.41. The number of likely N-dealkylation sites (tertiary alicyclic amines) is 1. The number of halogens is 1. The number of hydrazone groups is 1. The monoisotopic (exact) mass is 476 g/mol. The molecule has 7 nitrogen and oxygen atoms in total. The summed E-state index contributed by atoms with van der Waals surface area (Å²) in [7, 11) is -3.85. The Kier molecular flexibility index (Phi) is 6.02. The minimum atomic E-state index is -3.85. The average molecular weight is 477 g/mol. The van der Waals surface area contributed by atoms with Gasteiger partial charge >= 0.3 is 0 Å². The van der Waals surface area contributed by atoms with Gasteiger partial charge in [-0.2, -0.15) is 9.82 Å². The highest BCUT2D eigenvalue weighted by Crippen LogP contribution is 2.35. The van der Waals surface area contributed by atoms with Gasteiger partial charge in [0.15, 0.2) is 0 Å². The van der Waals surface area contributed by atoms with Crippen LogP contribution in [0, 0.1) is 6.92 Å². The van der Waals surface area contributed by atoms with E-state index in [9.17, 15) is 13.2 Å². The molecule has 0 aliphatic carbocycles. The molecule has 3 aromatic rings. The Morgan fingerprint density at radius 2 is 2.13 bits per heavy atom. The normalized spacial score (nSPS) is 17.3. The first kappa shape index (κ1) is 21.8. The molecule has 31 heavy (non-hydrogen) atoms. The molecule has 2 heterocycles. The first-order valence-corrected chi connectivity index (χ1v) is 12.3. The van der Waals surface area contributed by atoms with Crippen LogP contribution in [0.15, 0.2) is 51.8 Å². The third-order valence-electron chi connectivity index (χ3n) is 5.24. The van der Waals surface area contributed by atoms with Crippen LogP contribution in [-0.2, 0) is 21.4 Å². The molecule has 0 spiro atoms. The van der Waals surface area contributed by atoms with Crippen LogP contribution in [0.1, 0.15) is 23.1 Å². The number of amides is 1. The zero-order valence-corrected chi connectivity index (χ0v) is 19.1. The van der Waals surface area contributed by atoms with Crippen molar-refractivity contribution >= 4 is 55.2 Å². The highest BCUT2D eigenvalue weighted by atomic mass is 35.5. The summed E-state index contributed by atoms with van der Waals surface area (Å²) in [6.45, 7) is 2.62. The molecule has 1 atom stereocenters. The molecule has 0 bridgehead atoms. The third kappa shape index (κ3) is 4.45. The summed E-state index contributed by atoms with van der Waals surface area (Å²) in [6.07, 6.45) is 1.95. The Balaban J connectivity index is 1.51. The van der Waals surface area contributed by atoms with E-state index in [2.05, 4.69) is 9.82 Å². The Bertz CT molecular complexity index is 1290. The molecule has 1 aromatic heterocycles. The molecule has 2 aromatic carbocycles. The van der Waals surface area contributed by atoms with Crippen molar-refractivity contribution in [3.63, 3.8) is 0 Å². The Hall–Kier alpha value is -2.46. The predicted octanol–water partition coefficient (Wildman–Crippen LogP) is 3.24. The van der Waals surface area contributed by atoms with E-state index in [1.54, 1.807) is 30.0 Å². The van der Waals surface area contributed by atoms with Gasteiger partial charge in [0.25, 0.3) is 10.0 Å². The van der Waals surface area contributed by atoms with E-state index >= 15 is 0 Å². The van der Waals surface area contributed by atoms with Crippen molar-refractivity contribution in [1.82, 2.24) is 9.62 Å². The number of nitrogens with one attached hydrogen (secondary N) is 1. The number of hydrogen-bond acceptors (Lipinski definition) is 6. The van der Waals surface area contributed by atoms with Crippen LogP contribution in [-0.4, -0.2) is 38.0 Å². The van der Waals surface area contributed by atoms with Crippen molar-refractivity contribution in [2.45, 2.75) is 30.1 Å². The van der Waals surface area contributed by atoms with Crippen molar-refractivity contribution in [1.29, 1.82) is 0 Å². The number of hydrogen-bond donors (Lipinski definition) is 2. The van der Waals surface area contributed by atoms with E-state index in [0.717, 1.165) is 21.2 Å². The number of fused-ring (bicyclic) bond motifs is 1. The van der Waals surface area contributed by atoms with Crippen molar-refractivity contribution in [3.05, 3.63) is 64.2 Å². The van der Waals surface area contributed by atoms with Gasteiger partial charge in [-0.15, -0.1) is 11.3 Å². The van der Waals surface area contributed by atoms with Gasteiger partial charge in [-0.3, -0.25) is 4.79 Å². The first-order chi connectivity index (χ1) is 14.8. The van der Waals surface area contributed by atoms with Gasteiger partial charge in [0, 0.05) is 22.8 Å². The molecule has 0 unspecified atom stereocenters. The summed E-state index contributed by atoms with van der Waals surface area (Å²) in [6, 6.07) is 12.0. The van der Waals surface area contributed by atoms with Crippen LogP contribution in [0.3, 0.4) is 0 Å². The smallest absolute Gasteiger partial charge is 0.251 e. The Labute approximate surface area is 189 Å². The standard InChI is InChI=1S/C21H21ClN4O3S2/c1-13-17-10-16(22)5-6-19(17)30-21(13)31(28,29)25-18-7-8-26(20(18)27)12-15-4-2-3-14(9-15)11-24-23/h2-6,9-11,18,25H,7-8,12,23H2,1H3/t18-/m0/s1. The summed E-state index contributed by atoms with van der Waals surface area (Å²) < 4.78 is 29.8. The number of rotatable bonds is 6. The van der Waals surface area contributed by atoms with E-state index in [-0.39, 0.29) is 10.1 Å². The molecule has 0 radical (unpaired) electrons. The number of carbonyl (C=O) groups is 1. The fraction of sp³-hybridized carbons (Fsp3) is 0.238. The number of benzene rings is 2. The number of aryl methyl sites for hydroxylation is 1. The zero-order chi connectivity index (χ0) is 22.2. The van der Waals surface area contributed by atoms with E-state index in [1.165, 1.54) is 17.6 Å². The summed E-state index contributed by atoms with van der Waals surface area (Å²) >= 11 is 7.23. The second-order valence-corrected chi connectivity index (χ2v) is 10.8. The Morgan fingerprint density at radius 1 is 1.32 bits per heavy atom. The van der Waals surface area contributed by atoms with E-state index in [4.69, 9.17) is 17.4 Å². The predicted molar refractivity (Wildman–Crippen MR) is 124 cm³/mol. The molecule has 1 aliphatic heterocycles. The lowest BCUT2D eigenvalue weighted by atomic mass is 10.1. The van der Waals surface area contributed by atoms with Crippen molar-refractivity contribution < 1.29 is 13.2 Å². The van der Waals surface area contributed by atoms with Gasteiger partial charge in [0.2, 0.25) is 5.91 Å². The summed E-state index contributed by atoms with van der Waals surface area (Å²) in [5, 5.41) is 4.87. The van der Waals surface area contributed by atoms with Crippen LogP contribution in [0.5, 0.6) is 0 Å². The molecule has 0 saturated carbocycles. The number of nitrogens with zero attached hydrogens (tertiary/aromatic N) is 2. The van der Waals surface area contributed by atoms with E-state index in [1.807, 2.05) is 24.3 Å². The fourth-order valence-electron chi connectivity index (χ4n) is 3.75. The quantitative estimate of drug-likeness (QED) is 0.323. The van der Waals surface area contributed by atoms with Crippen LogP contribution in [0.2, 0.25) is 5.02 Å². The van der Waals surface area contributed by atoms with Gasteiger partial charge in [-0.1, -0.05) is 29.8 Å². The number of thiophene rings is 1. The van der Waals surface area contributed by atoms with Crippen LogP contribution in [0.4, 0.5) is 0 Å². The maximum absolute atomic E-state index is 13.1. The topological polar surface area (TPSA) is 105 Å². The van der Waals surface area contributed by atoms with Crippen molar-refractivity contribution in [2.75, 3.05) is 6.54 Å². The van der Waals surface area contributed by atoms with E-state index in [0.29, 0.717) is 30.1 Å². The van der Waals surface area contributed by atoms with Gasteiger partial charge in [0.1, 0.15) is 10.3 Å². The lowest BCUT2D eigenvalue weighted by Gasteiger charge is -2.17. The summed E-state index contributed by atoms with van der Waals surface area (Å²) in [4.78, 5) is 14.5. The van der Waals surface area contributed by atoms with Crippen molar-refractivity contribution in [3.8, 4) is 0 Å². The van der Waals surface area contributed by atoms with E-state index < -0.39 is 16.1 Å². The van der Waals surface area contributed by atoms with Crippen LogP contribution < -0.4 is 10.6 Å². The number of nitrogens with two attached hydrogens (primary N) is 1. The highest BCUT2D eigenvalue weighted by Gasteiger charge is 2.36. The summed E-state index contributed by atoms with van der Waals surface area (Å²) in [5.41, 5.74) is 2.39. The molecule has 1 amide bonds. The fourth-order valence-corrected chi connectivity index (χ4v) is 6.91. The molecule has 1 saturated heterocycles. The largest absolute Gasteiger partial charge is 0.337 e. The van der Waals surface area contributed by atoms with Gasteiger partial charge < -0.3 is 10.7 Å². The Morgan fingerprint density at radius 3 is 2.90 bits per heavy atom. The van der Waals surface area contributed by atoms with Crippen LogP contribution in [0.25, 0.3) is 10.1 Å². The molecule has 1 aliphatic rings. The molecule has 10 heteroatoms. The molecular weight excluding hydrogens is 456 g/mol. The second kappa shape index (κ2) is 8.58. The van der Waals surface area contributed by atoms with Crippen molar-refractivity contribution in [2.24, 2.45) is 10.9 Å². The number of sulfonamides is 1. The molecule has 3 N–H and O–H groups in total. The minimum absolute atomic E-state index is 0.213. The molecular formula is C21H21ClN4O3S2. The lowest BCUT2D eigenvalue weighted by molar-refractivity contribution is -0.129. The summed E-state index contributed by atoms with van der Waals surface area (Å²) in [5.74, 6) is 4.96. The number of carbonyl (C=O) groups excluding carboxylic acids is 1. The highest BCUT2D eigenvalue weighted by molar-refractivity contribution is 7.91. The van der Waals surface area contributed by atoms with Gasteiger partial charge in [0.05, 0.1) is 6.21 Å². The average Bonchev–Trinajstić information content (AvgIpc) is 3.23. The third-order valence-corrected chi connectivity index (χ3v) is 8.84. The maximum atomic E-state index is 13.1. The molecule has 4 rings (SSSR count).